The second-order valence-corrected chi connectivity index (χ2v) is 6.68. The van der Waals surface area contributed by atoms with E-state index in [1.165, 1.54) is 15.4 Å². The zero-order chi connectivity index (χ0) is 13.4. The third-order valence-electron chi connectivity index (χ3n) is 3.84. The minimum Gasteiger partial charge on any atom is -0.345 e. The molecular formula is C15H21N3S. The Morgan fingerprint density at radius 3 is 2.58 bits per heavy atom. The first-order chi connectivity index (χ1) is 9.13. The molecule has 19 heavy (non-hydrogen) atoms. The fourth-order valence-electron chi connectivity index (χ4n) is 2.42. The maximum atomic E-state index is 4.83. The minimum absolute atomic E-state index is 0.568. The van der Waals surface area contributed by atoms with Crippen LogP contribution in [0.4, 0.5) is 5.13 Å². The maximum Gasteiger partial charge on any atom is 0.186 e. The first kappa shape index (κ1) is 12.9. The summed E-state index contributed by atoms with van der Waals surface area (Å²) in [7, 11) is 2.19. The lowest BCUT2D eigenvalue weighted by atomic mass is 10.0. The normalized spacial score (nSPS) is 17.6. The van der Waals surface area contributed by atoms with Crippen molar-refractivity contribution in [3.63, 3.8) is 0 Å². The Bertz CT molecular complexity index is 568. The summed E-state index contributed by atoms with van der Waals surface area (Å²) in [6.07, 6.45) is 0. The zero-order valence-electron chi connectivity index (χ0n) is 11.9. The highest BCUT2D eigenvalue weighted by Gasteiger charge is 2.17. The van der Waals surface area contributed by atoms with Crippen molar-refractivity contribution < 1.29 is 0 Å². The smallest absolute Gasteiger partial charge is 0.186 e. The molecule has 0 radical (unpaired) electrons. The van der Waals surface area contributed by atoms with Gasteiger partial charge in [-0.15, -0.1) is 0 Å². The molecule has 1 fully saturated rings. The molecule has 1 aromatic heterocycles. The van der Waals surface area contributed by atoms with Gasteiger partial charge in [-0.05, 0) is 30.7 Å². The Balaban J connectivity index is 1.89. The van der Waals surface area contributed by atoms with Crippen molar-refractivity contribution >= 4 is 26.7 Å². The van der Waals surface area contributed by atoms with Crippen molar-refractivity contribution in [3.8, 4) is 0 Å². The molecule has 2 aromatic rings. The van der Waals surface area contributed by atoms with Gasteiger partial charge in [0, 0.05) is 26.2 Å². The van der Waals surface area contributed by atoms with Gasteiger partial charge in [-0.25, -0.2) is 4.98 Å². The number of hydrogen-bond acceptors (Lipinski definition) is 4. The van der Waals surface area contributed by atoms with Gasteiger partial charge in [0.25, 0.3) is 0 Å². The minimum atomic E-state index is 0.568. The Kier molecular flexibility index (Phi) is 3.46. The molecule has 1 aliphatic heterocycles. The lowest BCUT2D eigenvalue weighted by Crippen LogP contribution is -2.44. The Morgan fingerprint density at radius 2 is 1.89 bits per heavy atom. The lowest BCUT2D eigenvalue weighted by molar-refractivity contribution is 0.313. The summed E-state index contributed by atoms with van der Waals surface area (Å²) in [6.45, 7) is 8.91. The predicted octanol–water partition coefficient (Wildman–Crippen LogP) is 3.17. The van der Waals surface area contributed by atoms with Crippen molar-refractivity contribution in [3.05, 3.63) is 23.8 Å². The number of aromatic nitrogens is 1. The van der Waals surface area contributed by atoms with Crippen LogP contribution < -0.4 is 4.90 Å². The van der Waals surface area contributed by atoms with E-state index in [0.29, 0.717) is 5.92 Å². The van der Waals surface area contributed by atoms with Crippen molar-refractivity contribution in [1.29, 1.82) is 0 Å². The Labute approximate surface area is 118 Å². The average molecular weight is 275 g/mol. The van der Waals surface area contributed by atoms with Crippen LogP contribution in [0.5, 0.6) is 0 Å². The molecule has 0 bridgehead atoms. The monoisotopic (exact) mass is 275 g/mol. The predicted molar refractivity (Wildman–Crippen MR) is 83.4 cm³/mol. The van der Waals surface area contributed by atoms with E-state index >= 15 is 0 Å². The average Bonchev–Trinajstić information content (AvgIpc) is 2.82. The summed E-state index contributed by atoms with van der Waals surface area (Å²) in [5.41, 5.74) is 2.54. The quantitative estimate of drug-likeness (QED) is 0.839. The zero-order valence-corrected chi connectivity index (χ0v) is 12.7. The second kappa shape index (κ2) is 5.10. The van der Waals surface area contributed by atoms with Gasteiger partial charge in [-0.1, -0.05) is 31.3 Å². The van der Waals surface area contributed by atoms with Gasteiger partial charge in [-0.2, -0.15) is 0 Å². The molecule has 0 saturated carbocycles. The summed E-state index contributed by atoms with van der Waals surface area (Å²) >= 11 is 1.82. The number of piperazine rings is 1. The van der Waals surface area contributed by atoms with E-state index in [2.05, 4.69) is 48.9 Å². The largest absolute Gasteiger partial charge is 0.345 e. The number of likely N-dealkylation sites (N-methyl/N-ethyl adjacent to an activating group) is 1. The number of nitrogens with zero attached hydrogens (tertiary/aromatic N) is 3. The molecule has 0 unspecified atom stereocenters. The van der Waals surface area contributed by atoms with E-state index in [9.17, 15) is 0 Å². The van der Waals surface area contributed by atoms with Crippen LogP contribution in [0.25, 0.3) is 10.2 Å². The SMILES string of the molecule is CC(C)c1ccc2sc(N3CCN(C)CC3)nc2c1. The molecule has 1 aromatic carbocycles. The summed E-state index contributed by atoms with van der Waals surface area (Å²) < 4.78 is 1.30. The van der Waals surface area contributed by atoms with Crippen LogP contribution in [0.1, 0.15) is 25.3 Å². The number of hydrogen-bond donors (Lipinski definition) is 0. The molecule has 4 heteroatoms. The lowest BCUT2D eigenvalue weighted by Gasteiger charge is -2.32. The second-order valence-electron chi connectivity index (χ2n) is 5.67. The first-order valence-electron chi connectivity index (χ1n) is 6.97. The number of anilines is 1. The highest BCUT2D eigenvalue weighted by Crippen LogP contribution is 2.31. The van der Waals surface area contributed by atoms with Gasteiger partial charge in [0.1, 0.15) is 0 Å². The van der Waals surface area contributed by atoms with Gasteiger partial charge in [-0.3, -0.25) is 0 Å². The van der Waals surface area contributed by atoms with Crippen LogP contribution in [0, 0.1) is 0 Å². The molecule has 2 heterocycles. The van der Waals surface area contributed by atoms with Crippen LogP contribution in [0.3, 0.4) is 0 Å². The molecule has 0 amide bonds. The highest BCUT2D eigenvalue weighted by atomic mass is 32.1. The number of thiazole rings is 1. The molecule has 3 nitrogen and oxygen atoms in total. The molecule has 0 spiro atoms. The third-order valence-corrected chi connectivity index (χ3v) is 4.94. The summed E-state index contributed by atoms with van der Waals surface area (Å²) in [4.78, 5) is 9.62. The first-order valence-corrected chi connectivity index (χ1v) is 7.79. The molecule has 0 aliphatic carbocycles. The van der Waals surface area contributed by atoms with Gasteiger partial charge in [0.15, 0.2) is 5.13 Å². The maximum absolute atomic E-state index is 4.83. The fraction of sp³-hybridized carbons (Fsp3) is 0.533. The van der Waals surface area contributed by atoms with E-state index in [4.69, 9.17) is 4.98 Å². The van der Waals surface area contributed by atoms with Crippen LogP contribution >= 0.6 is 11.3 Å². The van der Waals surface area contributed by atoms with Crippen molar-refractivity contribution in [2.24, 2.45) is 0 Å². The Morgan fingerprint density at radius 1 is 1.16 bits per heavy atom. The van der Waals surface area contributed by atoms with Gasteiger partial charge >= 0.3 is 0 Å². The number of fused-ring (bicyclic) bond motifs is 1. The van der Waals surface area contributed by atoms with Crippen LogP contribution in [0.15, 0.2) is 18.2 Å². The fourth-order valence-corrected chi connectivity index (χ4v) is 3.42. The van der Waals surface area contributed by atoms with Gasteiger partial charge < -0.3 is 9.80 Å². The Hall–Kier alpha value is -1.13. The molecule has 3 rings (SSSR count). The van der Waals surface area contributed by atoms with E-state index in [1.54, 1.807) is 0 Å². The van der Waals surface area contributed by atoms with Crippen molar-refractivity contribution in [1.82, 2.24) is 9.88 Å². The van der Waals surface area contributed by atoms with Crippen molar-refractivity contribution in [2.75, 3.05) is 38.1 Å². The molecule has 102 valence electrons. The van der Waals surface area contributed by atoms with Gasteiger partial charge in [0.2, 0.25) is 0 Å². The van der Waals surface area contributed by atoms with Crippen LogP contribution in [-0.4, -0.2) is 43.1 Å². The standard InChI is InChI=1S/C15H21N3S/c1-11(2)12-4-5-14-13(10-12)16-15(19-14)18-8-6-17(3)7-9-18/h4-5,10-11H,6-9H2,1-3H3. The molecule has 1 aliphatic rings. The summed E-state index contributed by atoms with van der Waals surface area (Å²) in [5, 5.41) is 1.18. The van der Waals surface area contributed by atoms with Crippen LogP contribution in [0.2, 0.25) is 0 Å². The third kappa shape index (κ3) is 2.60. The highest BCUT2D eigenvalue weighted by molar-refractivity contribution is 7.22. The van der Waals surface area contributed by atoms with E-state index in [1.807, 2.05) is 11.3 Å². The molecular weight excluding hydrogens is 254 g/mol. The van der Waals surface area contributed by atoms with E-state index < -0.39 is 0 Å². The van der Waals surface area contributed by atoms with Crippen LogP contribution in [-0.2, 0) is 0 Å². The number of rotatable bonds is 2. The topological polar surface area (TPSA) is 19.4 Å². The van der Waals surface area contributed by atoms with Crippen molar-refractivity contribution in [2.45, 2.75) is 19.8 Å². The van der Waals surface area contributed by atoms with E-state index in [-0.39, 0.29) is 0 Å². The summed E-state index contributed by atoms with van der Waals surface area (Å²) in [6, 6.07) is 6.71. The molecule has 1 saturated heterocycles. The number of benzene rings is 1. The molecule has 0 atom stereocenters. The molecule has 0 N–H and O–H groups in total. The van der Waals surface area contributed by atoms with Gasteiger partial charge in [0.05, 0.1) is 10.2 Å². The van der Waals surface area contributed by atoms with E-state index in [0.717, 1.165) is 31.7 Å². The summed E-state index contributed by atoms with van der Waals surface area (Å²) in [5.74, 6) is 0.568.